The van der Waals surface area contributed by atoms with Gasteiger partial charge in [0.1, 0.15) is 0 Å². The lowest BCUT2D eigenvalue weighted by Gasteiger charge is -2.33. The van der Waals surface area contributed by atoms with E-state index in [4.69, 9.17) is 4.84 Å². The Bertz CT molecular complexity index is 1030. The van der Waals surface area contributed by atoms with Gasteiger partial charge >= 0.3 is 5.97 Å². The van der Waals surface area contributed by atoms with Gasteiger partial charge in [-0.15, -0.1) is 0 Å². The maximum atomic E-state index is 12.6. The number of hydrogen-bond acceptors (Lipinski definition) is 7. The van der Waals surface area contributed by atoms with Crippen LogP contribution in [0.1, 0.15) is 15.9 Å². The molecule has 1 aliphatic heterocycles. The second kappa shape index (κ2) is 10.2. The van der Waals surface area contributed by atoms with Crippen LogP contribution in [0.15, 0.2) is 64.6 Å². The number of amides is 1. The highest BCUT2D eigenvalue weighted by Crippen LogP contribution is 2.17. The zero-order valence-electron chi connectivity index (χ0n) is 17.0. The summed E-state index contributed by atoms with van der Waals surface area (Å²) in [5.74, 6) is -0.697. The van der Waals surface area contributed by atoms with Gasteiger partial charge in [0.05, 0.1) is 23.8 Å². The molecule has 164 valence electrons. The molecule has 0 radical (unpaired) electrons. The molecule has 3 rings (SSSR count). The van der Waals surface area contributed by atoms with E-state index in [1.54, 1.807) is 59.5 Å². The molecule has 0 aromatic heterocycles. The lowest BCUT2D eigenvalue weighted by Crippen LogP contribution is -2.51. The highest BCUT2D eigenvalue weighted by atomic mass is 32.2. The second-order valence-corrected chi connectivity index (χ2v) is 8.66. The second-order valence-electron chi connectivity index (χ2n) is 6.72. The number of carbonyl (C=O) groups is 2. The van der Waals surface area contributed by atoms with Crippen LogP contribution in [-0.4, -0.2) is 75.6 Å². The van der Waals surface area contributed by atoms with E-state index in [1.165, 1.54) is 17.6 Å². The Kier molecular flexibility index (Phi) is 7.37. The molecule has 10 heteroatoms. The molecule has 0 bridgehead atoms. The van der Waals surface area contributed by atoms with Gasteiger partial charge in [-0.1, -0.05) is 35.5 Å². The van der Waals surface area contributed by atoms with Crippen molar-refractivity contribution in [1.82, 2.24) is 9.21 Å². The Morgan fingerprint density at radius 1 is 1.00 bits per heavy atom. The number of benzene rings is 2. The van der Waals surface area contributed by atoms with Crippen molar-refractivity contribution < 1.29 is 27.6 Å². The third-order valence-corrected chi connectivity index (χ3v) is 6.68. The van der Waals surface area contributed by atoms with Crippen LogP contribution in [0, 0.1) is 0 Å². The first kappa shape index (κ1) is 22.4. The first-order chi connectivity index (χ1) is 14.9. The lowest BCUT2D eigenvalue weighted by atomic mass is 10.1. The Hall–Kier alpha value is -3.24. The van der Waals surface area contributed by atoms with Gasteiger partial charge in [0, 0.05) is 26.2 Å². The van der Waals surface area contributed by atoms with Crippen LogP contribution in [0.25, 0.3) is 0 Å². The van der Waals surface area contributed by atoms with Gasteiger partial charge in [-0.3, -0.25) is 4.79 Å². The van der Waals surface area contributed by atoms with Crippen molar-refractivity contribution in [3.05, 3.63) is 65.7 Å². The van der Waals surface area contributed by atoms with E-state index in [0.29, 0.717) is 11.1 Å². The summed E-state index contributed by atoms with van der Waals surface area (Å²) in [4.78, 5) is 30.6. The van der Waals surface area contributed by atoms with E-state index in [0.717, 1.165) is 0 Å². The molecule has 1 saturated heterocycles. The largest absolute Gasteiger partial charge is 0.465 e. The maximum Gasteiger partial charge on any atom is 0.337 e. The van der Waals surface area contributed by atoms with Crippen molar-refractivity contribution >= 4 is 28.1 Å². The van der Waals surface area contributed by atoms with Crippen molar-refractivity contribution in [2.24, 2.45) is 5.16 Å². The van der Waals surface area contributed by atoms with E-state index in [-0.39, 0.29) is 43.6 Å². The highest BCUT2D eigenvalue weighted by Gasteiger charge is 2.30. The van der Waals surface area contributed by atoms with E-state index in [2.05, 4.69) is 9.89 Å². The summed E-state index contributed by atoms with van der Waals surface area (Å²) in [5.41, 5.74) is 1.11. The number of nitrogens with zero attached hydrogens (tertiary/aromatic N) is 3. The summed E-state index contributed by atoms with van der Waals surface area (Å²) in [6, 6.07) is 14.8. The Balaban J connectivity index is 1.45. The molecule has 31 heavy (non-hydrogen) atoms. The molecule has 0 N–H and O–H groups in total. The fourth-order valence-corrected chi connectivity index (χ4v) is 4.47. The minimum atomic E-state index is -3.56. The van der Waals surface area contributed by atoms with E-state index < -0.39 is 16.0 Å². The molecule has 9 nitrogen and oxygen atoms in total. The molecule has 1 aliphatic rings. The van der Waals surface area contributed by atoms with Gasteiger partial charge in [0.2, 0.25) is 10.0 Å². The summed E-state index contributed by atoms with van der Waals surface area (Å²) in [6.45, 7) is 0.764. The van der Waals surface area contributed by atoms with Crippen LogP contribution in [0.2, 0.25) is 0 Å². The molecule has 0 spiro atoms. The zero-order valence-corrected chi connectivity index (χ0v) is 17.8. The topological polar surface area (TPSA) is 106 Å². The molecule has 0 unspecified atom stereocenters. The van der Waals surface area contributed by atoms with Crippen molar-refractivity contribution in [2.45, 2.75) is 4.90 Å². The summed E-state index contributed by atoms with van der Waals surface area (Å²) in [7, 11) is -2.25. The van der Waals surface area contributed by atoms with Crippen LogP contribution < -0.4 is 0 Å². The Labute approximate surface area is 180 Å². The molecule has 0 atom stereocenters. The van der Waals surface area contributed by atoms with Gasteiger partial charge in [-0.05, 0) is 29.8 Å². The summed E-state index contributed by atoms with van der Waals surface area (Å²) in [6.07, 6.45) is 1.43. The van der Waals surface area contributed by atoms with E-state index in [1.807, 2.05) is 0 Å². The summed E-state index contributed by atoms with van der Waals surface area (Å²) in [5, 5.41) is 3.77. The average Bonchev–Trinajstić information content (AvgIpc) is 2.82. The standard InChI is InChI=1S/C21H23N3O6S/c1-29-21(26)18-9-7-17(8-10-18)15-22-30-16-20(25)23-11-13-24(14-12-23)31(27,28)19-5-3-2-4-6-19/h2-10,15H,11-14,16H2,1H3/b22-15+. The number of piperazine rings is 1. The van der Waals surface area contributed by atoms with Gasteiger partial charge < -0.3 is 14.5 Å². The number of carbonyl (C=O) groups excluding carboxylic acids is 2. The van der Waals surface area contributed by atoms with Crippen LogP contribution >= 0.6 is 0 Å². The fraction of sp³-hybridized carbons (Fsp3) is 0.286. The van der Waals surface area contributed by atoms with E-state index in [9.17, 15) is 18.0 Å². The van der Waals surface area contributed by atoms with Crippen molar-refractivity contribution in [3.63, 3.8) is 0 Å². The third-order valence-electron chi connectivity index (χ3n) is 4.77. The minimum Gasteiger partial charge on any atom is -0.465 e. The highest BCUT2D eigenvalue weighted by molar-refractivity contribution is 7.89. The fourth-order valence-electron chi connectivity index (χ4n) is 3.02. The number of sulfonamides is 1. The first-order valence-electron chi connectivity index (χ1n) is 9.58. The normalized spacial score (nSPS) is 15.1. The van der Waals surface area contributed by atoms with Crippen LogP contribution in [0.5, 0.6) is 0 Å². The summed E-state index contributed by atoms with van der Waals surface area (Å²) >= 11 is 0. The zero-order chi connectivity index (χ0) is 22.3. The monoisotopic (exact) mass is 445 g/mol. The Morgan fingerprint density at radius 2 is 1.65 bits per heavy atom. The molecule has 1 heterocycles. The predicted octanol–water partition coefficient (Wildman–Crippen LogP) is 1.36. The maximum absolute atomic E-state index is 12.6. The molecule has 0 aliphatic carbocycles. The first-order valence-corrected chi connectivity index (χ1v) is 11.0. The molecule has 0 saturated carbocycles. The SMILES string of the molecule is COC(=O)c1ccc(/C=N/OCC(=O)N2CCN(S(=O)(=O)c3ccccc3)CC2)cc1. The Morgan fingerprint density at radius 3 is 2.26 bits per heavy atom. The van der Waals surface area contributed by atoms with Crippen LogP contribution in [0.4, 0.5) is 0 Å². The van der Waals surface area contributed by atoms with E-state index >= 15 is 0 Å². The van der Waals surface area contributed by atoms with Crippen molar-refractivity contribution in [2.75, 3.05) is 39.9 Å². The number of methoxy groups -OCH3 is 1. The van der Waals surface area contributed by atoms with Gasteiger partial charge in [0.25, 0.3) is 5.91 Å². The van der Waals surface area contributed by atoms with Gasteiger partial charge in [-0.25, -0.2) is 13.2 Å². The number of rotatable bonds is 7. The molecular weight excluding hydrogens is 422 g/mol. The number of esters is 1. The smallest absolute Gasteiger partial charge is 0.337 e. The molecule has 2 aromatic carbocycles. The van der Waals surface area contributed by atoms with Crippen molar-refractivity contribution in [3.8, 4) is 0 Å². The third kappa shape index (κ3) is 5.68. The summed E-state index contributed by atoms with van der Waals surface area (Å²) < 4.78 is 31.3. The molecule has 2 aromatic rings. The molecule has 1 amide bonds. The predicted molar refractivity (Wildman–Crippen MR) is 113 cm³/mol. The number of hydrogen-bond donors (Lipinski definition) is 0. The quantitative estimate of drug-likeness (QED) is 0.362. The van der Waals surface area contributed by atoms with Crippen LogP contribution in [-0.2, 0) is 24.4 Å². The molecule has 1 fully saturated rings. The average molecular weight is 445 g/mol. The van der Waals surface area contributed by atoms with Gasteiger partial charge in [0.15, 0.2) is 6.61 Å². The minimum absolute atomic E-state index is 0.221. The lowest BCUT2D eigenvalue weighted by molar-refractivity contribution is -0.137. The number of ether oxygens (including phenoxy) is 1. The number of oxime groups is 1. The van der Waals surface area contributed by atoms with Crippen LogP contribution in [0.3, 0.4) is 0 Å². The molecular formula is C21H23N3O6S. The van der Waals surface area contributed by atoms with Gasteiger partial charge in [-0.2, -0.15) is 4.31 Å². The van der Waals surface area contributed by atoms with Crippen molar-refractivity contribution in [1.29, 1.82) is 0 Å².